The van der Waals surface area contributed by atoms with Gasteiger partial charge in [0.2, 0.25) is 5.91 Å². The smallest absolute Gasteiger partial charge is 0.411 e. The lowest BCUT2D eigenvalue weighted by molar-refractivity contribution is -0.148. The maximum Gasteiger partial charge on any atom is 0.411 e. The summed E-state index contributed by atoms with van der Waals surface area (Å²) >= 11 is 0. The highest BCUT2D eigenvalue weighted by Gasteiger charge is 2.36. The number of esters is 1. The molecule has 0 aromatic carbocycles. The van der Waals surface area contributed by atoms with Gasteiger partial charge in [-0.15, -0.1) is 0 Å². The van der Waals surface area contributed by atoms with Gasteiger partial charge in [-0.2, -0.15) is 0 Å². The molecule has 0 heterocycles. The van der Waals surface area contributed by atoms with Crippen LogP contribution in [0.15, 0.2) is 0 Å². The summed E-state index contributed by atoms with van der Waals surface area (Å²) in [5, 5.41) is 9.41. The van der Waals surface area contributed by atoms with Crippen molar-refractivity contribution in [1.29, 1.82) is 0 Å². The zero-order valence-electron chi connectivity index (χ0n) is 17.5. The molecular formula is C17H33N3O7Si. The van der Waals surface area contributed by atoms with Gasteiger partial charge in [0.1, 0.15) is 17.7 Å². The highest BCUT2D eigenvalue weighted by molar-refractivity contribution is 6.76. The van der Waals surface area contributed by atoms with E-state index in [0.29, 0.717) is 0 Å². The van der Waals surface area contributed by atoms with Gasteiger partial charge < -0.3 is 26.0 Å². The monoisotopic (exact) mass is 419 g/mol. The van der Waals surface area contributed by atoms with Crippen LogP contribution in [-0.4, -0.2) is 72.9 Å². The largest absolute Gasteiger partial charge is 0.480 e. The molecule has 0 aromatic rings. The second kappa shape index (κ2) is 10.4. The predicted octanol–water partition coefficient (Wildman–Crippen LogP) is 0.761. The number of rotatable bonds is 10. The molecule has 0 radical (unpaired) electrons. The van der Waals surface area contributed by atoms with Crippen LogP contribution in [0.25, 0.3) is 0 Å². The minimum absolute atomic E-state index is 0.193. The summed E-state index contributed by atoms with van der Waals surface area (Å²) in [4.78, 5) is 48.2. The van der Waals surface area contributed by atoms with Gasteiger partial charge in [-0.05, 0) is 26.8 Å². The normalized spacial score (nSPS) is 14.0. The van der Waals surface area contributed by atoms with Gasteiger partial charge >= 0.3 is 18.0 Å². The zero-order valence-corrected chi connectivity index (χ0v) is 18.5. The van der Waals surface area contributed by atoms with Crippen LogP contribution in [0.3, 0.4) is 0 Å². The van der Waals surface area contributed by atoms with Crippen molar-refractivity contribution in [2.75, 3.05) is 13.2 Å². The van der Waals surface area contributed by atoms with Gasteiger partial charge in [0.15, 0.2) is 0 Å². The van der Waals surface area contributed by atoms with E-state index in [1.54, 1.807) is 20.8 Å². The lowest BCUT2D eigenvalue weighted by atomic mass is 10.1. The molecule has 2 atom stereocenters. The minimum Gasteiger partial charge on any atom is -0.480 e. The van der Waals surface area contributed by atoms with Crippen LogP contribution in [0, 0.1) is 0 Å². The van der Waals surface area contributed by atoms with E-state index in [4.69, 9.17) is 20.9 Å². The van der Waals surface area contributed by atoms with Gasteiger partial charge in [0.25, 0.3) is 0 Å². The quantitative estimate of drug-likeness (QED) is 0.345. The Morgan fingerprint density at radius 3 is 2.07 bits per heavy atom. The van der Waals surface area contributed by atoms with Crippen molar-refractivity contribution < 1.29 is 33.8 Å². The van der Waals surface area contributed by atoms with Crippen LogP contribution in [0.4, 0.5) is 4.79 Å². The summed E-state index contributed by atoms with van der Waals surface area (Å²) < 4.78 is 10.3. The van der Waals surface area contributed by atoms with Gasteiger partial charge in [0.05, 0.1) is 19.6 Å². The fourth-order valence-corrected chi connectivity index (χ4v) is 2.74. The lowest BCUT2D eigenvalue weighted by Crippen LogP contribution is -2.54. The summed E-state index contributed by atoms with van der Waals surface area (Å²) in [6.07, 6.45) is -1.67. The molecule has 5 N–H and O–H groups in total. The molecule has 0 aromatic heterocycles. The van der Waals surface area contributed by atoms with Crippen molar-refractivity contribution in [3.05, 3.63) is 0 Å². The number of carbonyl (C=O) groups excluding carboxylic acids is 3. The molecule has 0 saturated carbocycles. The number of primary amides is 1. The third-order valence-corrected chi connectivity index (χ3v) is 5.18. The van der Waals surface area contributed by atoms with Crippen LogP contribution >= 0.6 is 0 Å². The third kappa shape index (κ3) is 10.9. The fourth-order valence-electron chi connectivity index (χ4n) is 2.02. The standard InChI is InChI=1S/C17H33N3O7Si/c1-17(2,3)27-16(25)20(12(14(22)23)9-13(19)21)10-11(18)15(24)26-7-8-28(4,5)6/h11-12H,7-10,18H2,1-6H3,(H2,19,21)(H,22,23). The van der Waals surface area contributed by atoms with Crippen molar-refractivity contribution in [1.82, 2.24) is 4.90 Å². The molecule has 11 heteroatoms. The van der Waals surface area contributed by atoms with Gasteiger partial charge in [-0.3, -0.25) is 14.5 Å². The van der Waals surface area contributed by atoms with E-state index in [9.17, 15) is 24.3 Å². The van der Waals surface area contributed by atoms with E-state index in [1.807, 2.05) is 0 Å². The summed E-state index contributed by atoms with van der Waals surface area (Å²) in [5.74, 6) is -3.16. The number of hydrogen-bond acceptors (Lipinski definition) is 7. The topological polar surface area (TPSA) is 162 Å². The number of carboxylic acid groups (broad SMARTS) is 1. The van der Waals surface area contributed by atoms with Gasteiger partial charge in [-0.1, -0.05) is 19.6 Å². The first-order chi connectivity index (χ1) is 12.5. The first kappa shape index (κ1) is 25.9. The Morgan fingerprint density at radius 2 is 1.68 bits per heavy atom. The van der Waals surface area contributed by atoms with Crippen LogP contribution in [0.5, 0.6) is 0 Å². The Bertz CT molecular complexity index is 584. The number of hydrogen-bond donors (Lipinski definition) is 3. The molecule has 0 rings (SSSR count). The van der Waals surface area contributed by atoms with Crippen LogP contribution in [0.2, 0.25) is 25.7 Å². The van der Waals surface area contributed by atoms with E-state index in [1.165, 1.54) is 0 Å². The number of amides is 2. The average molecular weight is 420 g/mol. The number of ether oxygens (including phenoxy) is 2. The van der Waals surface area contributed by atoms with Crippen molar-refractivity contribution in [3.63, 3.8) is 0 Å². The van der Waals surface area contributed by atoms with E-state index >= 15 is 0 Å². The molecule has 2 unspecified atom stereocenters. The predicted molar refractivity (Wildman–Crippen MR) is 105 cm³/mol. The molecule has 2 amide bonds. The molecule has 0 bridgehead atoms. The van der Waals surface area contributed by atoms with E-state index in [-0.39, 0.29) is 6.61 Å². The highest BCUT2D eigenvalue weighted by Crippen LogP contribution is 2.15. The number of carboxylic acids is 1. The molecule has 0 saturated heterocycles. The first-order valence-electron chi connectivity index (χ1n) is 8.96. The first-order valence-corrected chi connectivity index (χ1v) is 12.7. The van der Waals surface area contributed by atoms with E-state index < -0.39 is 62.7 Å². The minimum atomic E-state index is -1.62. The van der Waals surface area contributed by atoms with Crippen molar-refractivity contribution in [2.45, 2.75) is 70.6 Å². The molecular weight excluding hydrogens is 386 g/mol. The number of carbonyl (C=O) groups is 4. The Labute approximate surface area is 166 Å². The summed E-state index contributed by atoms with van der Waals surface area (Å²) in [5.41, 5.74) is 9.99. The number of nitrogens with two attached hydrogens (primary N) is 2. The molecule has 0 aliphatic rings. The van der Waals surface area contributed by atoms with Crippen molar-refractivity contribution in [3.8, 4) is 0 Å². The van der Waals surface area contributed by atoms with Crippen molar-refractivity contribution in [2.24, 2.45) is 11.5 Å². The molecule has 0 aliphatic carbocycles. The van der Waals surface area contributed by atoms with E-state index in [2.05, 4.69) is 19.6 Å². The average Bonchev–Trinajstić information content (AvgIpc) is 2.46. The summed E-state index contributed by atoms with van der Waals surface area (Å²) in [6.45, 7) is 10.8. The summed E-state index contributed by atoms with van der Waals surface area (Å²) in [7, 11) is -1.42. The van der Waals surface area contributed by atoms with Crippen LogP contribution in [-0.2, 0) is 23.9 Å². The third-order valence-electron chi connectivity index (χ3n) is 3.48. The van der Waals surface area contributed by atoms with Crippen LogP contribution < -0.4 is 11.5 Å². The lowest BCUT2D eigenvalue weighted by Gasteiger charge is -2.32. The molecule has 10 nitrogen and oxygen atoms in total. The molecule has 162 valence electrons. The molecule has 0 aliphatic heterocycles. The van der Waals surface area contributed by atoms with E-state index in [0.717, 1.165) is 10.9 Å². The Morgan fingerprint density at radius 1 is 1.14 bits per heavy atom. The van der Waals surface area contributed by atoms with Crippen LogP contribution in [0.1, 0.15) is 27.2 Å². The fraction of sp³-hybridized carbons (Fsp3) is 0.765. The SMILES string of the molecule is CC(C)(C)OC(=O)N(CC(N)C(=O)OCC[Si](C)(C)C)C(CC(N)=O)C(=O)O. The molecule has 0 fully saturated rings. The summed E-state index contributed by atoms with van der Waals surface area (Å²) in [6, 6.07) is -2.18. The zero-order chi connectivity index (χ0) is 22.3. The number of aliphatic carboxylic acids is 1. The Kier molecular flexibility index (Phi) is 9.62. The second-order valence-electron chi connectivity index (χ2n) is 8.74. The molecule has 0 spiro atoms. The van der Waals surface area contributed by atoms with Crippen molar-refractivity contribution >= 4 is 32.0 Å². The van der Waals surface area contributed by atoms with Gasteiger partial charge in [-0.25, -0.2) is 9.59 Å². The molecule has 28 heavy (non-hydrogen) atoms. The Balaban J connectivity index is 5.33. The number of nitrogens with zero attached hydrogens (tertiary/aromatic N) is 1. The second-order valence-corrected chi connectivity index (χ2v) is 14.4. The Hall–Kier alpha value is -2.14. The maximum absolute atomic E-state index is 12.5. The maximum atomic E-state index is 12.5. The van der Waals surface area contributed by atoms with Gasteiger partial charge in [0, 0.05) is 8.07 Å². The highest BCUT2D eigenvalue weighted by atomic mass is 28.3.